The molecular formula is C25H28N2O3S. The van der Waals surface area contributed by atoms with E-state index in [1.807, 2.05) is 13.0 Å². The summed E-state index contributed by atoms with van der Waals surface area (Å²) in [7, 11) is -3.69. The molecule has 6 heteroatoms. The molecule has 0 aliphatic carbocycles. The third-order valence-corrected chi connectivity index (χ3v) is 6.81. The van der Waals surface area contributed by atoms with E-state index in [-0.39, 0.29) is 16.8 Å². The van der Waals surface area contributed by atoms with Gasteiger partial charge in [0.15, 0.2) is 0 Å². The number of benzene rings is 3. The van der Waals surface area contributed by atoms with Crippen molar-refractivity contribution in [3.05, 3.63) is 94.5 Å². The van der Waals surface area contributed by atoms with Gasteiger partial charge in [0.1, 0.15) is 0 Å². The van der Waals surface area contributed by atoms with Crippen molar-refractivity contribution in [2.24, 2.45) is 0 Å². The number of rotatable bonds is 7. The molecule has 0 fully saturated rings. The van der Waals surface area contributed by atoms with E-state index in [2.05, 4.69) is 36.0 Å². The van der Waals surface area contributed by atoms with Crippen LogP contribution in [-0.2, 0) is 10.0 Å². The fraction of sp³-hybridized carbons (Fsp3) is 0.240. The highest BCUT2D eigenvalue weighted by Crippen LogP contribution is 2.23. The molecule has 0 aromatic heterocycles. The van der Waals surface area contributed by atoms with E-state index in [1.165, 1.54) is 23.3 Å². The molecule has 0 unspecified atom stereocenters. The van der Waals surface area contributed by atoms with Gasteiger partial charge in [0.05, 0.1) is 16.6 Å². The summed E-state index contributed by atoms with van der Waals surface area (Å²) in [5.74, 6) is -0.189. The fourth-order valence-corrected chi connectivity index (χ4v) is 4.52. The SMILES string of the molecule is CC[C@@H](NC(=O)c1ccc(NS(=O)(=O)c2ccccc2)c(C)c1)c1ccc(C)c(C)c1. The highest BCUT2D eigenvalue weighted by molar-refractivity contribution is 7.92. The van der Waals surface area contributed by atoms with Crippen molar-refractivity contribution in [1.29, 1.82) is 0 Å². The lowest BCUT2D eigenvalue weighted by atomic mass is 9.99. The standard InChI is InChI=1S/C25H28N2O3S/c1-5-23(20-12-11-17(2)18(3)15-20)26-25(28)21-13-14-24(19(4)16-21)27-31(29,30)22-9-7-6-8-10-22/h6-16,23,27H,5H2,1-4H3,(H,26,28)/t23-/m1/s1. The van der Waals surface area contributed by atoms with Gasteiger partial charge < -0.3 is 5.32 Å². The van der Waals surface area contributed by atoms with E-state index in [0.717, 1.165) is 12.0 Å². The molecule has 0 saturated heterocycles. The first kappa shape index (κ1) is 22.6. The molecule has 162 valence electrons. The van der Waals surface area contributed by atoms with Crippen molar-refractivity contribution in [3.8, 4) is 0 Å². The molecule has 0 radical (unpaired) electrons. The number of carbonyl (C=O) groups is 1. The zero-order valence-electron chi connectivity index (χ0n) is 18.3. The number of nitrogens with one attached hydrogen (secondary N) is 2. The Kier molecular flexibility index (Phi) is 6.81. The summed E-state index contributed by atoms with van der Waals surface area (Å²) in [4.78, 5) is 13.0. The van der Waals surface area contributed by atoms with Gasteiger partial charge in [0, 0.05) is 5.56 Å². The van der Waals surface area contributed by atoms with E-state index in [1.54, 1.807) is 43.3 Å². The predicted octanol–water partition coefficient (Wildman–Crippen LogP) is 5.29. The number of amides is 1. The largest absolute Gasteiger partial charge is 0.345 e. The van der Waals surface area contributed by atoms with Gasteiger partial charge in [-0.05, 0) is 79.8 Å². The Hall–Kier alpha value is -3.12. The quantitative estimate of drug-likeness (QED) is 0.528. The summed E-state index contributed by atoms with van der Waals surface area (Å²) < 4.78 is 27.7. The van der Waals surface area contributed by atoms with E-state index < -0.39 is 10.0 Å². The van der Waals surface area contributed by atoms with Crippen LogP contribution in [0.3, 0.4) is 0 Å². The molecule has 31 heavy (non-hydrogen) atoms. The molecule has 1 amide bonds. The fourth-order valence-electron chi connectivity index (χ4n) is 3.37. The average Bonchev–Trinajstić information content (AvgIpc) is 2.75. The van der Waals surface area contributed by atoms with Crippen molar-refractivity contribution in [3.63, 3.8) is 0 Å². The van der Waals surface area contributed by atoms with Crippen LogP contribution in [-0.4, -0.2) is 14.3 Å². The van der Waals surface area contributed by atoms with Gasteiger partial charge in [-0.15, -0.1) is 0 Å². The zero-order chi connectivity index (χ0) is 22.6. The lowest BCUT2D eigenvalue weighted by Crippen LogP contribution is -2.28. The molecule has 0 bridgehead atoms. The highest BCUT2D eigenvalue weighted by Gasteiger charge is 2.18. The first-order valence-electron chi connectivity index (χ1n) is 10.3. The Morgan fingerprint density at radius 2 is 1.58 bits per heavy atom. The molecular weight excluding hydrogens is 408 g/mol. The van der Waals surface area contributed by atoms with Crippen molar-refractivity contribution < 1.29 is 13.2 Å². The topological polar surface area (TPSA) is 75.3 Å². The smallest absolute Gasteiger partial charge is 0.261 e. The maximum Gasteiger partial charge on any atom is 0.261 e. The molecule has 1 atom stereocenters. The van der Waals surface area contributed by atoms with Crippen LogP contribution in [0.25, 0.3) is 0 Å². The van der Waals surface area contributed by atoms with E-state index in [4.69, 9.17) is 0 Å². The normalized spacial score (nSPS) is 12.3. The minimum absolute atomic E-state index is 0.0941. The number of anilines is 1. The predicted molar refractivity (Wildman–Crippen MR) is 125 cm³/mol. The van der Waals surface area contributed by atoms with E-state index in [9.17, 15) is 13.2 Å². The van der Waals surface area contributed by atoms with Crippen LogP contribution in [0.4, 0.5) is 5.69 Å². The summed E-state index contributed by atoms with van der Waals surface area (Å²) >= 11 is 0. The zero-order valence-corrected chi connectivity index (χ0v) is 19.1. The van der Waals surface area contributed by atoms with Gasteiger partial charge in [-0.2, -0.15) is 0 Å². The maximum atomic E-state index is 12.9. The summed E-state index contributed by atoms with van der Waals surface area (Å²) in [6.07, 6.45) is 0.766. The molecule has 0 saturated carbocycles. The minimum Gasteiger partial charge on any atom is -0.345 e. The second kappa shape index (κ2) is 9.35. The molecule has 5 nitrogen and oxygen atoms in total. The number of hydrogen-bond acceptors (Lipinski definition) is 3. The monoisotopic (exact) mass is 436 g/mol. The molecule has 0 aliphatic rings. The van der Waals surface area contributed by atoms with Crippen LogP contribution in [0.2, 0.25) is 0 Å². The van der Waals surface area contributed by atoms with Crippen LogP contribution >= 0.6 is 0 Å². The molecule has 3 aromatic rings. The van der Waals surface area contributed by atoms with Crippen LogP contribution in [0.1, 0.15) is 52.0 Å². The summed E-state index contributed by atoms with van der Waals surface area (Å²) in [5, 5.41) is 3.09. The van der Waals surface area contributed by atoms with Crippen LogP contribution in [0.15, 0.2) is 71.6 Å². The number of carbonyl (C=O) groups excluding carboxylic acids is 1. The van der Waals surface area contributed by atoms with Crippen molar-refractivity contribution in [1.82, 2.24) is 5.32 Å². The molecule has 3 rings (SSSR count). The van der Waals surface area contributed by atoms with Crippen molar-refractivity contribution in [2.45, 2.75) is 45.1 Å². The highest BCUT2D eigenvalue weighted by atomic mass is 32.2. The Morgan fingerprint density at radius 3 is 2.19 bits per heavy atom. The second-order valence-corrected chi connectivity index (χ2v) is 9.41. The number of aryl methyl sites for hydroxylation is 3. The third-order valence-electron chi connectivity index (χ3n) is 5.43. The summed E-state index contributed by atoms with van der Waals surface area (Å²) in [6, 6.07) is 19.3. The third kappa shape index (κ3) is 5.33. The van der Waals surface area contributed by atoms with E-state index in [0.29, 0.717) is 16.8 Å². The molecule has 2 N–H and O–H groups in total. The Balaban J connectivity index is 1.77. The Bertz CT molecular complexity index is 1190. The van der Waals surface area contributed by atoms with Gasteiger partial charge in [-0.3, -0.25) is 9.52 Å². The minimum atomic E-state index is -3.69. The van der Waals surface area contributed by atoms with E-state index >= 15 is 0 Å². The van der Waals surface area contributed by atoms with Crippen molar-refractivity contribution >= 4 is 21.6 Å². The first-order chi connectivity index (χ1) is 14.7. The van der Waals surface area contributed by atoms with Crippen LogP contribution in [0, 0.1) is 20.8 Å². The molecule has 0 aliphatic heterocycles. The second-order valence-electron chi connectivity index (χ2n) is 7.73. The number of hydrogen-bond donors (Lipinski definition) is 2. The van der Waals surface area contributed by atoms with Crippen LogP contribution in [0.5, 0.6) is 0 Å². The Labute approximate surface area is 184 Å². The summed E-state index contributed by atoms with van der Waals surface area (Å²) in [6.45, 7) is 7.94. The lowest BCUT2D eigenvalue weighted by Gasteiger charge is -2.19. The van der Waals surface area contributed by atoms with Gasteiger partial charge >= 0.3 is 0 Å². The molecule has 3 aromatic carbocycles. The van der Waals surface area contributed by atoms with Gasteiger partial charge in [-0.25, -0.2) is 8.42 Å². The molecule has 0 heterocycles. The van der Waals surface area contributed by atoms with Crippen LogP contribution < -0.4 is 10.0 Å². The maximum absolute atomic E-state index is 12.9. The molecule has 0 spiro atoms. The number of sulfonamides is 1. The van der Waals surface area contributed by atoms with Gasteiger partial charge in [-0.1, -0.05) is 43.3 Å². The first-order valence-corrected chi connectivity index (χ1v) is 11.8. The lowest BCUT2D eigenvalue weighted by molar-refractivity contribution is 0.0935. The van der Waals surface area contributed by atoms with Gasteiger partial charge in [0.2, 0.25) is 0 Å². The van der Waals surface area contributed by atoms with Crippen molar-refractivity contribution in [2.75, 3.05) is 4.72 Å². The summed E-state index contributed by atoms with van der Waals surface area (Å²) in [5.41, 5.74) is 5.09. The Morgan fingerprint density at radius 1 is 0.871 bits per heavy atom. The van der Waals surface area contributed by atoms with Gasteiger partial charge in [0.25, 0.3) is 15.9 Å². The average molecular weight is 437 g/mol.